The van der Waals surface area contributed by atoms with E-state index in [4.69, 9.17) is 4.74 Å². The van der Waals surface area contributed by atoms with Crippen LogP contribution in [0.5, 0.6) is 5.75 Å². The number of carbonyl (C=O) groups excluding carboxylic acids is 1. The summed E-state index contributed by atoms with van der Waals surface area (Å²) in [6, 6.07) is 8.04. The second-order valence-electron chi connectivity index (χ2n) is 7.79. The van der Waals surface area contributed by atoms with Crippen molar-refractivity contribution in [3.8, 4) is 5.75 Å². The van der Waals surface area contributed by atoms with E-state index in [1.165, 1.54) is 5.56 Å². The van der Waals surface area contributed by atoms with Gasteiger partial charge in [-0.05, 0) is 36.0 Å². The number of ether oxygens (including phenoxy) is 1. The fourth-order valence-electron chi connectivity index (χ4n) is 4.86. The van der Waals surface area contributed by atoms with Crippen molar-refractivity contribution in [2.75, 3.05) is 33.3 Å². The Hall–Kier alpha value is -2.34. The Balaban J connectivity index is 1.35. The summed E-state index contributed by atoms with van der Waals surface area (Å²) in [6.07, 6.45) is 4.84. The van der Waals surface area contributed by atoms with E-state index in [1.807, 2.05) is 35.3 Å². The van der Waals surface area contributed by atoms with Gasteiger partial charge in [-0.25, -0.2) is 0 Å². The molecule has 1 amide bonds. The van der Waals surface area contributed by atoms with Crippen LogP contribution in [0.1, 0.15) is 12.0 Å². The third-order valence-corrected chi connectivity index (χ3v) is 6.25. The Kier molecular flexibility index (Phi) is 4.91. The maximum atomic E-state index is 13.0. The van der Waals surface area contributed by atoms with Gasteiger partial charge in [0.25, 0.3) is 0 Å². The average Bonchev–Trinajstić information content (AvgIpc) is 3.29. The van der Waals surface area contributed by atoms with Crippen molar-refractivity contribution < 1.29 is 19.4 Å². The van der Waals surface area contributed by atoms with E-state index >= 15 is 0 Å². The Bertz CT molecular complexity index is 754. The molecule has 1 aliphatic heterocycles. The van der Waals surface area contributed by atoms with Crippen LogP contribution in [0.25, 0.3) is 0 Å². The summed E-state index contributed by atoms with van der Waals surface area (Å²) in [5.74, 6) is -0.772. The van der Waals surface area contributed by atoms with Gasteiger partial charge in [-0.3, -0.25) is 14.5 Å². The number of amides is 1. The van der Waals surface area contributed by atoms with Crippen molar-refractivity contribution in [1.29, 1.82) is 0 Å². The predicted molar refractivity (Wildman–Crippen MR) is 100 cm³/mol. The number of carbonyl (C=O) groups is 2. The first-order valence-electron chi connectivity index (χ1n) is 9.62. The number of fused-ring (bicyclic) bond motifs is 2. The first kappa shape index (κ1) is 18.0. The first-order valence-corrected chi connectivity index (χ1v) is 9.62. The normalized spacial score (nSPS) is 29.9. The highest BCUT2D eigenvalue weighted by molar-refractivity contribution is 5.87. The van der Waals surface area contributed by atoms with Gasteiger partial charge in [0.05, 0.1) is 18.9 Å². The molecule has 27 heavy (non-hydrogen) atoms. The summed E-state index contributed by atoms with van der Waals surface area (Å²) in [5.41, 5.74) is 1.19. The summed E-state index contributed by atoms with van der Waals surface area (Å²) in [4.78, 5) is 28.9. The zero-order valence-corrected chi connectivity index (χ0v) is 15.6. The largest absolute Gasteiger partial charge is 0.497 e. The molecule has 1 saturated carbocycles. The van der Waals surface area contributed by atoms with Gasteiger partial charge >= 0.3 is 5.97 Å². The molecule has 2 bridgehead atoms. The van der Waals surface area contributed by atoms with E-state index in [0.717, 1.165) is 31.8 Å². The molecule has 0 unspecified atom stereocenters. The molecule has 6 heteroatoms. The molecule has 0 aromatic heterocycles. The molecular weight excluding hydrogens is 344 g/mol. The summed E-state index contributed by atoms with van der Waals surface area (Å²) in [5, 5.41) is 9.58. The number of benzene rings is 1. The second-order valence-corrected chi connectivity index (χ2v) is 7.79. The molecule has 4 atom stereocenters. The SMILES string of the molecule is COc1cccc(CN2CCN(C(=O)[C@H]3[C@H](C(=O)O)[C@H]4C=C[C@H]3C4)CC2)c1. The van der Waals surface area contributed by atoms with Gasteiger partial charge in [0.15, 0.2) is 0 Å². The molecule has 0 spiro atoms. The minimum absolute atomic E-state index is 0.0239. The number of aliphatic carboxylic acids is 1. The van der Waals surface area contributed by atoms with Crippen LogP contribution in [0.2, 0.25) is 0 Å². The number of rotatable bonds is 5. The van der Waals surface area contributed by atoms with Crippen LogP contribution in [0.15, 0.2) is 36.4 Å². The van der Waals surface area contributed by atoms with E-state index in [9.17, 15) is 14.7 Å². The zero-order chi connectivity index (χ0) is 19.0. The quantitative estimate of drug-likeness (QED) is 0.802. The van der Waals surface area contributed by atoms with Gasteiger partial charge in [-0.1, -0.05) is 24.3 Å². The Morgan fingerprint density at radius 3 is 2.48 bits per heavy atom. The number of hydrogen-bond acceptors (Lipinski definition) is 4. The number of methoxy groups -OCH3 is 1. The number of allylic oxidation sites excluding steroid dienone is 2. The molecule has 1 saturated heterocycles. The lowest BCUT2D eigenvalue weighted by atomic mass is 9.82. The molecule has 1 heterocycles. The molecule has 6 nitrogen and oxygen atoms in total. The van der Waals surface area contributed by atoms with Gasteiger partial charge < -0.3 is 14.7 Å². The highest BCUT2D eigenvalue weighted by atomic mass is 16.5. The Morgan fingerprint density at radius 2 is 1.81 bits per heavy atom. The lowest BCUT2D eigenvalue weighted by Gasteiger charge is -2.37. The summed E-state index contributed by atoms with van der Waals surface area (Å²) >= 11 is 0. The monoisotopic (exact) mass is 370 g/mol. The lowest BCUT2D eigenvalue weighted by molar-refractivity contribution is -0.151. The van der Waals surface area contributed by atoms with Gasteiger partial charge in [-0.2, -0.15) is 0 Å². The number of piperazine rings is 1. The summed E-state index contributed by atoms with van der Waals surface area (Å²) < 4.78 is 5.28. The fourth-order valence-corrected chi connectivity index (χ4v) is 4.86. The van der Waals surface area contributed by atoms with Crippen molar-refractivity contribution in [2.45, 2.75) is 13.0 Å². The van der Waals surface area contributed by atoms with Gasteiger partial charge in [0.2, 0.25) is 5.91 Å². The third kappa shape index (κ3) is 3.46. The number of nitrogens with zero attached hydrogens (tertiary/aromatic N) is 2. The standard InChI is InChI=1S/C21H26N2O4/c1-27-17-4-2-3-14(11-17)13-22-7-9-23(10-8-22)20(24)18-15-5-6-16(12-15)19(18)21(25)26/h2-6,11,15-16,18-19H,7-10,12-13H2,1H3,(H,25,26)/t15-,16-,18+,19+/m0/s1. The molecule has 1 aromatic rings. The van der Waals surface area contributed by atoms with Crippen LogP contribution in [0.3, 0.4) is 0 Å². The highest BCUT2D eigenvalue weighted by Crippen LogP contribution is 2.48. The van der Waals surface area contributed by atoms with Crippen molar-refractivity contribution in [3.05, 3.63) is 42.0 Å². The lowest BCUT2D eigenvalue weighted by Crippen LogP contribution is -2.52. The van der Waals surface area contributed by atoms with Crippen molar-refractivity contribution in [3.63, 3.8) is 0 Å². The maximum Gasteiger partial charge on any atom is 0.307 e. The molecule has 4 rings (SSSR count). The van der Waals surface area contributed by atoms with Gasteiger partial charge in [-0.15, -0.1) is 0 Å². The number of carboxylic acid groups (broad SMARTS) is 1. The molecule has 1 aromatic carbocycles. The minimum Gasteiger partial charge on any atom is -0.497 e. The fraction of sp³-hybridized carbons (Fsp3) is 0.524. The zero-order valence-electron chi connectivity index (χ0n) is 15.6. The summed E-state index contributed by atoms with van der Waals surface area (Å²) in [7, 11) is 1.67. The molecule has 2 fully saturated rings. The van der Waals surface area contributed by atoms with Crippen molar-refractivity contribution >= 4 is 11.9 Å². The maximum absolute atomic E-state index is 13.0. The number of carboxylic acids is 1. The second kappa shape index (κ2) is 7.35. The number of hydrogen-bond donors (Lipinski definition) is 1. The molecule has 1 N–H and O–H groups in total. The van der Waals surface area contributed by atoms with E-state index in [-0.39, 0.29) is 23.7 Å². The van der Waals surface area contributed by atoms with Crippen LogP contribution in [-0.2, 0) is 16.1 Å². The molecule has 2 aliphatic carbocycles. The summed E-state index contributed by atoms with van der Waals surface area (Å²) in [6.45, 7) is 3.75. The molecule has 144 valence electrons. The third-order valence-electron chi connectivity index (χ3n) is 6.25. The molecular formula is C21H26N2O4. The van der Waals surface area contributed by atoms with Crippen LogP contribution in [0.4, 0.5) is 0 Å². The Labute approximate surface area is 159 Å². The highest BCUT2D eigenvalue weighted by Gasteiger charge is 2.52. The average molecular weight is 370 g/mol. The van der Waals surface area contributed by atoms with Gasteiger partial charge in [0, 0.05) is 32.7 Å². The van der Waals surface area contributed by atoms with E-state index < -0.39 is 11.9 Å². The van der Waals surface area contributed by atoms with E-state index in [2.05, 4.69) is 11.0 Å². The topological polar surface area (TPSA) is 70.1 Å². The van der Waals surface area contributed by atoms with Crippen molar-refractivity contribution in [1.82, 2.24) is 9.80 Å². The molecule has 3 aliphatic rings. The van der Waals surface area contributed by atoms with Gasteiger partial charge in [0.1, 0.15) is 5.75 Å². The van der Waals surface area contributed by atoms with Crippen LogP contribution in [-0.4, -0.2) is 60.1 Å². The van der Waals surface area contributed by atoms with Crippen LogP contribution < -0.4 is 4.74 Å². The smallest absolute Gasteiger partial charge is 0.307 e. The minimum atomic E-state index is -0.832. The van der Waals surface area contributed by atoms with Crippen molar-refractivity contribution in [2.24, 2.45) is 23.7 Å². The molecule has 0 radical (unpaired) electrons. The van der Waals surface area contributed by atoms with Crippen LogP contribution >= 0.6 is 0 Å². The van der Waals surface area contributed by atoms with Crippen LogP contribution in [0, 0.1) is 23.7 Å². The van der Waals surface area contributed by atoms with E-state index in [0.29, 0.717) is 13.1 Å². The predicted octanol–water partition coefficient (Wildman–Crippen LogP) is 1.86. The van der Waals surface area contributed by atoms with E-state index in [1.54, 1.807) is 7.11 Å². The Morgan fingerprint density at radius 1 is 1.11 bits per heavy atom. The first-order chi connectivity index (χ1) is 13.1.